The van der Waals surface area contributed by atoms with Crippen molar-refractivity contribution < 1.29 is 14.7 Å². The molecule has 0 spiro atoms. The second kappa shape index (κ2) is 8.39. The van der Waals surface area contributed by atoms with Gasteiger partial charge in [-0.2, -0.15) is 17.0 Å². The summed E-state index contributed by atoms with van der Waals surface area (Å²) in [5, 5.41) is 22.8. The monoisotopic (exact) mass is 327 g/mol. The lowest BCUT2D eigenvalue weighted by atomic mass is 10.2. The topological polar surface area (TPSA) is 102 Å². The largest absolute Gasteiger partial charge is 0.480 e. The lowest BCUT2D eigenvalue weighted by Gasteiger charge is -2.14. The van der Waals surface area contributed by atoms with E-state index in [0.29, 0.717) is 23.4 Å². The SMILES string of the molecule is CSCCC(NC(=O)Nc1ccc(C#N)c(Cl)c1)C(=O)O. The van der Waals surface area contributed by atoms with E-state index in [9.17, 15) is 9.59 Å². The molecule has 0 aliphatic carbocycles. The van der Waals surface area contributed by atoms with Crippen molar-refractivity contribution in [1.29, 1.82) is 5.26 Å². The number of halogens is 1. The quantitative estimate of drug-likeness (QED) is 0.745. The summed E-state index contributed by atoms with van der Waals surface area (Å²) >= 11 is 7.35. The smallest absolute Gasteiger partial charge is 0.326 e. The van der Waals surface area contributed by atoms with Crippen LogP contribution in [0.3, 0.4) is 0 Å². The lowest BCUT2D eigenvalue weighted by Crippen LogP contribution is -2.43. The van der Waals surface area contributed by atoms with Crippen molar-refractivity contribution in [3.05, 3.63) is 28.8 Å². The van der Waals surface area contributed by atoms with Gasteiger partial charge in [-0.3, -0.25) is 0 Å². The summed E-state index contributed by atoms with van der Waals surface area (Å²) in [7, 11) is 0. The number of nitrogens with one attached hydrogen (secondary N) is 2. The van der Waals surface area contributed by atoms with E-state index < -0.39 is 18.0 Å². The number of hydrogen-bond donors (Lipinski definition) is 3. The molecular formula is C13H14ClN3O3S. The first-order chi connectivity index (χ1) is 9.97. The van der Waals surface area contributed by atoms with Gasteiger partial charge in [0.25, 0.3) is 0 Å². The van der Waals surface area contributed by atoms with E-state index in [2.05, 4.69) is 10.6 Å². The van der Waals surface area contributed by atoms with E-state index in [1.54, 1.807) is 0 Å². The number of thioether (sulfide) groups is 1. The molecule has 1 atom stereocenters. The number of benzene rings is 1. The van der Waals surface area contributed by atoms with Crippen LogP contribution in [0.5, 0.6) is 0 Å². The Morgan fingerprint density at radius 2 is 2.24 bits per heavy atom. The third-order valence-electron chi connectivity index (χ3n) is 2.56. The molecule has 0 fully saturated rings. The second-order valence-electron chi connectivity index (χ2n) is 4.08. The van der Waals surface area contributed by atoms with Crippen LogP contribution in [0.25, 0.3) is 0 Å². The number of rotatable bonds is 6. The highest BCUT2D eigenvalue weighted by Crippen LogP contribution is 2.20. The van der Waals surface area contributed by atoms with Crippen LogP contribution < -0.4 is 10.6 Å². The predicted octanol–water partition coefficient (Wildman–Crippen LogP) is 2.54. The lowest BCUT2D eigenvalue weighted by molar-refractivity contribution is -0.139. The Labute approximate surface area is 131 Å². The molecule has 6 nitrogen and oxygen atoms in total. The van der Waals surface area contributed by atoms with E-state index in [1.165, 1.54) is 30.0 Å². The zero-order valence-corrected chi connectivity index (χ0v) is 12.8. The van der Waals surface area contributed by atoms with Gasteiger partial charge in [0.2, 0.25) is 0 Å². The van der Waals surface area contributed by atoms with E-state index in [-0.39, 0.29) is 5.02 Å². The molecule has 0 aliphatic heterocycles. The zero-order valence-electron chi connectivity index (χ0n) is 11.2. The van der Waals surface area contributed by atoms with Gasteiger partial charge < -0.3 is 15.7 Å². The first kappa shape index (κ1) is 17.1. The van der Waals surface area contributed by atoms with Gasteiger partial charge in [-0.25, -0.2) is 9.59 Å². The first-order valence-electron chi connectivity index (χ1n) is 5.96. The molecule has 21 heavy (non-hydrogen) atoms. The molecule has 0 radical (unpaired) electrons. The average Bonchev–Trinajstić information content (AvgIpc) is 2.43. The van der Waals surface area contributed by atoms with Crippen LogP contribution in [0.4, 0.5) is 10.5 Å². The molecule has 0 bridgehead atoms. The summed E-state index contributed by atoms with van der Waals surface area (Å²) in [6.45, 7) is 0. The number of nitrogens with zero attached hydrogens (tertiary/aromatic N) is 1. The van der Waals surface area contributed by atoms with Crippen LogP contribution in [-0.2, 0) is 4.79 Å². The molecule has 3 N–H and O–H groups in total. The summed E-state index contributed by atoms with van der Waals surface area (Å²) in [4.78, 5) is 22.8. The van der Waals surface area contributed by atoms with Gasteiger partial charge in [-0.15, -0.1) is 0 Å². The Morgan fingerprint density at radius 1 is 1.52 bits per heavy atom. The number of amides is 2. The van der Waals surface area contributed by atoms with Crippen LogP contribution in [0.15, 0.2) is 18.2 Å². The highest BCUT2D eigenvalue weighted by molar-refractivity contribution is 7.98. The van der Waals surface area contributed by atoms with Crippen molar-refractivity contribution in [2.75, 3.05) is 17.3 Å². The number of nitriles is 1. The van der Waals surface area contributed by atoms with Crippen molar-refractivity contribution in [2.24, 2.45) is 0 Å². The van der Waals surface area contributed by atoms with E-state index >= 15 is 0 Å². The second-order valence-corrected chi connectivity index (χ2v) is 5.47. The molecule has 0 aromatic heterocycles. The van der Waals surface area contributed by atoms with Gasteiger partial charge in [0.15, 0.2) is 0 Å². The number of hydrogen-bond acceptors (Lipinski definition) is 4. The van der Waals surface area contributed by atoms with Crippen LogP contribution in [0.2, 0.25) is 5.02 Å². The maximum Gasteiger partial charge on any atom is 0.326 e. The molecule has 0 saturated heterocycles. The molecule has 2 amide bonds. The molecule has 8 heteroatoms. The van der Waals surface area contributed by atoms with Crippen LogP contribution in [-0.4, -0.2) is 35.2 Å². The van der Waals surface area contributed by atoms with Crippen molar-refractivity contribution in [3.8, 4) is 6.07 Å². The Hall–Kier alpha value is -1.91. The highest BCUT2D eigenvalue weighted by Gasteiger charge is 2.19. The third kappa shape index (κ3) is 5.53. The molecule has 0 aliphatic rings. The zero-order chi connectivity index (χ0) is 15.8. The van der Waals surface area contributed by atoms with E-state index in [0.717, 1.165) is 0 Å². The van der Waals surface area contributed by atoms with Gasteiger partial charge in [0.05, 0.1) is 10.6 Å². The Bertz CT molecular complexity index is 574. The summed E-state index contributed by atoms with van der Waals surface area (Å²) in [6, 6.07) is 4.73. The summed E-state index contributed by atoms with van der Waals surface area (Å²) in [5.74, 6) is -0.461. The van der Waals surface area contributed by atoms with Gasteiger partial charge in [0.1, 0.15) is 12.1 Å². The standard InChI is InChI=1S/C13H14ClN3O3S/c1-21-5-4-11(12(18)19)17-13(20)16-9-3-2-8(7-15)10(14)6-9/h2-3,6,11H,4-5H2,1H3,(H,18,19)(H2,16,17,20). The van der Waals surface area contributed by atoms with Crippen LogP contribution in [0.1, 0.15) is 12.0 Å². The number of anilines is 1. The number of carboxylic acids is 1. The van der Waals surface area contributed by atoms with Crippen molar-refractivity contribution in [3.63, 3.8) is 0 Å². The highest BCUT2D eigenvalue weighted by atomic mass is 35.5. The molecule has 1 unspecified atom stereocenters. The molecule has 1 rings (SSSR count). The van der Waals surface area contributed by atoms with Crippen LogP contribution >= 0.6 is 23.4 Å². The van der Waals surface area contributed by atoms with E-state index in [4.69, 9.17) is 22.0 Å². The summed E-state index contributed by atoms with van der Waals surface area (Å²) in [5.41, 5.74) is 0.677. The first-order valence-corrected chi connectivity index (χ1v) is 7.74. The fraction of sp³-hybridized carbons (Fsp3) is 0.308. The third-order valence-corrected chi connectivity index (χ3v) is 3.52. The number of urea groups is 1. The Morgan fingerprint density at radius 3 is 2.76 bits per heavy atom. The Kier molecular flexibility index (Phi) is 6.85. The summed E-state index contributed by atoms with van der Waals surface area (Å²) in [6.07, 6.45) is 2.19. The maximum atomic E-state index is 11.8. The normalized spacial score (nSPS) is 11.3. The summed E-state index contributed by atoms with van der Waals surface area (Å²) < 4.78 is 0. The van der Waals surface area contributed by atoms with Gasteiger partial charge in [-0.1, -0.05) is 11.6 Å². The fourth-order valence-corrected chi connectivity index (χ4v) is 2.20. The molecule has 0 heterocycles. The number of carboxylic acid groups (broad SMARTS) is 1. The van der Waals surface area contributed by atoms with Crippen LogP contribution in [0, 0.1) is 11.3 Å². The van der Waals surface area contributed by atoms with Gasteiger partial charge in [0, 0.05) is 5.69 Å². The molecule has 112 valence electrons. The molecule has 0 saturated carbocycles. The molecule has 1 aromatic rings. The molecule has 1 aromatic carbocycles. The van der Waals surface area contributed by atoms with E-state index in [1.807, 2.05) is 12.3 Å². The predicted molar refractivity (Wildman–Crippen MR) is 82.7 cm³/mol. The number of carbonyl (C=O) groups is 2. The molecular weight excluding hydrogens is 314 g/mol. The van der Waals surface area contributed by atoms with Gasteiger partial charge >= 0.3 is 12.0 Å². The minimum atomic E-state index is -1.09. The Balaban J connectivity index is 2.66. The average molecular weight is 328 g/mol. The van der Waals surface area contributed by atoms with Gasteiger partial charge in [-0.05, 0) is 36.6 Å². The van der Waals surface area contributed by atoms with Crippen molar-refractivity contribution in [1.82, 2.24) is 5.32 Å². The number of carbonyl (C=O) groups excluding carboxylic acids is 1. The van der Waals surface area contributed by atoms with Crippen molar-refractivity contribution >= 4 is 41.1 Å². The minimum Gasteiger partial charge on any atom is -0.480 e. The maximum absolute atomic E-state index is 11.8. The minimum absolute atomic E-state index is 0.215. The van der Waals surface area contributed by atoms with Crippen molar-refractivity contribution in [2.45, 2.75) is 12.5 Å². The fourth-order valence-electron chi connectivity index (χ4n) is 1.50. The number of aliphatic carboxylic acids is 1.